The van der Waals surface area contributed by atoms with Crippen LogP contribution in [0.25, 0.3) is 66.8 Å². The summed E-state index contributed by atoms with van der Waals surface area (Å²) in [5, 5.41) is 0. The Morgan fingerprint density at radius 3 is 1.14 bits per heavy atom. The van der Waals surface area contributed by atoms with Crippen LogP contribution in [0, 0.1) is 0 Å². The Kier molecular flexibility index (Phi) is 10.3. The Morgan fingerprint density at radius 2 is 0.630 bits per heavy atom. The van der Waals surface area contributed by atoms with E-state index in [1.165, 1.54) is 123 Å². The number of rotatable bonds is 7. The predicted octanol–water partition coefficient (Wildman–Crippen LogP) is 20.9. The molecule has 384 valence electrons. The molecule has 0 N–H and O–H groups in total. The third kappa shape index (κ3) is 6.80. The normalized spacial score (nSPS) is 14.7. The molecule has 0 unspecified atom stereocenters. The average molecular weight is 1040 g/mol. The van der Waals surface area contributed by atoms with Crippen molar-refractivity contribution in [3.63, 3.8) is 0 Å². The summed E-state index contributed by atoms with van der Waals surface area (Å²) in [6.07, 6.45) is 0. The smallest absolute Gasteiger partial charge is 0.0754 e. The van der Waals surface area contributed by atoms with Crippen molar-refractivity contribution in [2.24, 2.45) is 0 Å². The SMILES string of the molecule is CC1(C)c2ccccc2-c2ccc(-c3ccc(N(c4ccc(-c5ccc6c(c5)C(C)(C)c5ccccc5-6)cc4)c4ccc(-c5cccc6c5-c5ccccc5C65c6ccccc6N(c6ccccc6)c6ccccc65)cc4)cc3)cc21. The topological polar surface area (TPSA) is 6.48 Å². The van der Waals surface area contributed by atoms with Gasteiger partial charge in [0.2, 0.25) is 0 Å². The van der Waals surface area contributed by atoms with Crippen LogP contribution in [0.4, 0.5) is 34.1 Å². The van der Waals surface area contributed by atoms with Gasteiger partial charge >= 0.3 is 0 Å². The first-order valence-corrected chi connectivity index (χ1v) is 28.6. The van der Waals surface area contributed by atoms with Gasteiger partial charge in [0.1, 0.15) is 0 Å². The second-order valence-corrected chi connectivity index (χ2v) is 23.6. The summed E-state index contributed by atoms with van der Waals surface area (Å²) in [7, 11) is 0. The molecule has 12 aromatic carbocycles. The van der Waals surface area contributed by atoms with Crippen molar-refractivity contribution in [1.82, 2.24) is 0 Å². The minimum atomic E-state index is -0.530. The van der Waals surface area contributed by atoms with Crippen LogP contribution in [0.15, 0.2) is 279 Å². The molecule has 3 aliphatic carbocycles. The highest BCUT2D eigenvalue weighted by Crippen LogP contribution is 2.65. The molecule has 0 radical (unpaired) electrons. The Labute approximate surface area is 475 Å². The molecule has 0 saturated carbocycles. The monoisotopic (exact) mass is 1030 g/mol. The fraction of sp³-hybridized carbons (Fsp3) is 0.0886. The zero-order valence-corrected chi connectivity index (χ0v) is 46.0. The van der Waals surface area contributed by atoms with E-state index in [2.05, 4.69) is 317 Å². The van der Waals surface area contributed by atoms with E-state index in [-0.39, 0.29) is 10.8 Å². The zero-order valence-electron chi connectivity index (χ0n) is 46.0. The van der Waals surface area contributed by atoms with Gasteiger partial charge in [-0.05, 0) is 184 Å². The van der Waals surface area contributed by atoms with Crippen LogP contribution in [-0.2, 0) is 16.2 Å². The molecule has 2 heteroatoms. The highest BCUT2D eigenvalue weighted by atomic mass is 15.2. The van der Waals surface area contributed by atoms with E-state index in [4.69, 9.17) is 0 Å². The van der Waals surface area contributed by atoms with Crippen LogP contribution in [-0.4, -0.2) is 0 Å². The number of nitrogens with zero attached hydrogens (tertiary/aromatic N) is 2. The third-order valence-electron chi connectivity index (χ3n) is 18.7. The summed E-state index contributed by atoms with van der Waals surface area (Å²) in [5.74, 6) is 0. The van der Waals surface area contributed by atoms with E-state index in [9.17, 15) is 0 Å². The first kappa shape index (κ1) is 47.3. The largest absolute Gasteiger partial charge is 0.311 e. The lowest BCUT2D eigenvalue weighted by Gasteiger charge is -2.45. The summed E-state index contributed by atoms with van der Waals surface area (Å²) in [5.41, 5.74) is 32.1. The molecular formula is C79H58N2. The number of hydrogen-bond donors (Lipinski definition) is 0. The molecule has 81 heavy (non-hydrogen) atoms. The molecule has 0 bridgehead atoms. The van der Waals surface area contributed by atoms with Gasteiger partial charge in [0.15, 0.2) is 0 Å². The molecule has 0 amide bonds. The van der Waals surface area contributed by atoms with Crippen LogP contribution in [0.5, 0.6) is 0 Å². The Bertz CT molecular complexity index is 4310. The molecule has 2 nitrogen and oxygen atoms in total. The molecule has 1 spiro atoms. The average Bonchev–Trinajstić information content (AvgIpc) is 2.77. The number of benzene rings is 12. The van der Waals surface area contributed by atoms with Gasteiger partial charge in [0.05, 0.1) is 16.8 Å². The van der Waals surface area contributed by atoms with E-state index in [0.717, 1.165) is 22.7 Å². The fourth-order valence-electron chi connectivity index (χ4n) is 14.9. The summed E-state index contributed by atoms with van der Waals surface area (Å²) >= 11 is 0. The van der Waals surface area contributed by atoms with E-state index < -0.39 is 5.41 Å². The van der Waals surface area contributed by atoms with E-state index in [1.807, 2.05) is 0 Å². The minimum absolute atomic E-state index is 0.0696. The van der Waals surface area contributed by atoms with Crippen molar-refractivity contribution in [2.75, 3.05) is 9.80 Å². The van der Waals surface area contributed by atoms with Gasteiger partial charge in [-0.3, -0.25) is 0 Å². The molecule has 16 rings (SSSR count). The lowest BCUT2D eigenvalue weighted by molar-refractivity contribution is 0.660. The maximum atomic E-state index is 2.45. The molecule has 12 aromatic rings. The molecule has 1 heterocycles. The minimum Gasteiger partial charge on any atom is -0.311 e. The van der Waals surface area contributed by atoms with Gasteiger partial charge in [-0.1, -0.05) is 234 Å². The quantitative estimate of drug-likeness (QED) is 0.157. The number of fused-ring (bicyclic) bond motifs is 15. The molecule has 0 fully saturated rings. The number of anilines is 6. The Balaban J connectivity index is 0.802. The number of para-hydroxylation sites is 3. The predicted molar refractivity (Wildman–Crippen MR) is 338 cm³/mol. The van der Waals surface area contributed by atoms with Crippen LogP contribution in [0.2, 0.25) is 0 Å². The van der Waals surface area contributed by atoms with Crippen LogP contribution < -0.4 is 9.80 Å². The van der Waals surface area contributed by atoms with Crippen LogP contribution >= 0.6 is 0 Å². The van der Waals surface area contributed by atoms with Gasteiger partial charge in [0, 0.05) is 33.6 Å². The number of hydrogen-bond acceptors (Lipinski definition) is 2. The highest BCUT2D eigenvalue weighted by molar-refractivity contribution is 6.00. The van der Waals surface area contributed by atoms with Gasteiger partial charge in [0.25, 0.3) is 0 Å². The van der Waals surface area contributed by atoms with E-state index in [1.54, 1.807) is 0 Å². The van der Waals surface area contributed by atoms with E-state index >= 15 is 0 Å². The van der Waals surface area contributed by atoms with Crippen molar-refractivity contribution in [1.29, 1.82) is 0 Å². The Hall–Kier alpha value is -9.76. The van der Waals surface area contributed by atoms with Crippen molar-refractivity contribution in [3.05, 3.63) is 324 Å². The van der Waals surface area contributed by atoms with Crippen molar-refractivity contribution < 1.29 is 0 Å². The summed E-state index contributed by atoms with van der Waals surface area (Å²) in [6.45, 7) is 9.44. The van der Waals surface area contributed by atoms with Crippen LogP contribution in [0.3, 0.4) is 0 Å². The lowest BCUT2D eigenvalue weighted by Crippen LogP contribution is -2.36. The zero-order chi connectivity index (χ0) is 54.2. The first-order chi connectivity index (χ1) is 39.7. The van der Waals surface area contributed by atoms with Crippen LogP contribution in [0.1, 0.15) is 72.2 Å². The molecule has 4 aliphatic rings. The summed E-state index contributed by atoms with van der Waals surface area (Å²) in [6, 6.07) is 105. The maximum absolute atomic E-state index is 2.45. The third-order valence-corrected chi connectivity index (χ3v) is 18.7. The van der Waals surface area contributed by atoms with Crippen molar-refractivity contribution >= 4 is 34.1 Å². The van der Waals surface area contributed by atoms with Gasteiger partial charge in [-0.15, -0.1) is 0 Å². The second-order valence-electron chi connectivity index (χ2n) is 23.6. The van der Waals surface area contributed by atoms with Gasteiger partial charge in [-0.2, -0.15) is 0 Å². The first-order valence-electron chi connectivity index (χ1n) is 28.6. The van der Waals surface area contributed by atoms with Crippen molar-refractivity contribution in [2.45, 2.75) is 43.9 Å². The maximum Gasteiger partial charge on any atom is 0.0754 e. The van der Waals surface area contributed by atoms with Gasteiger partial charge < -0.3 is 9.80 Å². The summed E-state index contributed by atoms with van der Waals surface area (Å²) in [4.78, 5) is 4.86. The highest BCUT2D eigenvalue weighted by Gasteiger charge is 2.52. The second kappa shape index (κ2) is 17.6. The fourth-order valence-corrected chi connectivity index (χ4v) is 14.9. The Morgan fingerprint density at radius 1 is 0.259 bits per heavy atom. The molecular weight excluding hydrogens is 977 g/mol. The molecule has 0 saturated heterocycles. The standard InChI is InChI=1S/C79H58N2/c1-77(2)66-25-11-8-21-61(66)63-47-39-54(49-72(63)77)51-33-41-57(42-34-51)80(58-43-35-52(36-44-58)55-40-48-64-62-22-9-12-26-67(62)78(3,4)73(64)50-55)59-45-37-53(38-46-59)60-24-18-30-71-76(60)65-23-10-13-27-68(65)79(71)69-28-14-16-31-74(69)81(56-19-6-5-7-20-56)75-32-17-15-29-70(75)79/h5-50H,1-4H3. The van der Waals surface area contributed by atoms with Crippen molar-refractivity contribution in [3.8, 4) is 66.8 Å². The molecule has 1 aliphatic heterocycles. The summed E-state index contributed by atoms with van der Waals surface area (Å²) < 4.78 is 0. The lowest BCUT2D eigenvalue weighted by atomic mass is 9.64. The molecule has 0 atom stereocenters. The molecule has 0 aromatic heterocycles. The van der Waals surface area contributed by atoms with E-state index in [0.29, 0.717) is 0 Å². The van der Waals surface area contributed by atoms with Gasteiger partial charge in [-0.25, -0.2) is 0 Å².